The Bertz CT molecular complexity index is 937. The molecule has 0 aromatic heterocycles. The zero-order valence-electron chi connectivity index (χ0n) is 14.1. The molecular formula is C20H14ClNO3S2. The van der Waals surface area contributed by atoms with E-state index >= 15 is 0 Å². The Balaban J connectivity index is 1.69. The van der Waals surface area contributed by atoms with Crippen LogP contribution in [0.2, 0.25) is 5.02 Å². The minimum absolute atomic E-state index is 0.136. The van der Waals surface area contributed by atoms with E-state index in [-0.39, 0.29) is 5.91 Å². The largest absolute Gasteiger partial charge is 0.423 e. The highest BCUT2D eigenvalue weighted by Gasteiger charge is 2.30. The molecule has 0 N–H and O–H groups in total. The number of thioether (sulfide) groups is 1. The molecule has 136 valence electrons. The molecule has 1 saturated heterocycles. The second-order valence-electron chi connectivity index (χ2n) is 5.55. The smallest absolute Gasteiger partial charge is 0.343 e. The second kappa shape index (κ2) is 8.52. The maximum absolute atomic E-state index is 12.3. The molecule has 2 aromatic rings. The van der Waals surface area contributed by atoms with Crippen LogP contribution in [0.5, 0.6) is 5.75 Å². The molecule has 0 unspecified atom stereocenters. The van der Waals surface area contributed by atoms with Gasteiger partial charge in [-0.1, -0.05) is 53.8 Å². The minimum atomic E-state index is -0.468. The van der Waals surface area contributed by atoms with E-state index in [0.29, 0.717) is 32.1 Å². The molecule has 0 radical (unpaired) electrons. The summed E-state index contributed by atoms with van der Waals surface area (Å²) in [5.41, 5.74) is 1.22. The van der Waals surface area contributed by atoms with Crippen molar-refractivity contribution >= 4 is 57.9 Å². The molecule has 3 rings (SSSR count). The number of carbonyl (C=O) groups excluding carboxylic acids is 2. The van der Waals surface area contributed by atoms with E-state index in [1.54, 1.807) is 60.7 Å². The zero-order chi connectivity index (χ0) is 19.4. The first-order chi connectivity index (χ1) is 13.0. The molecule has 1 amide bonds. The van der Waals surface area contributed by atoms with Crippen molar-refractivity contribution in [3.63, 3.8) is 0 Å². The standard InChI is InChI=1S/C20H14ClNO3S2/c1-2-11-22-18(23)17(27-20(22)26)12-13-3-9-16(10-4-13)25-19(24)14-5-7-15(21)8-6-14/h2-10,12H,1,11H2/b17-12-. The number of benzene rings is 2. The van der Waals surface area contributed by atoms with Gasteiger partial charge < -0.3 is 4.74 Å². The van der Waals surface area contributed by atoms with Gasteiger partial charge in [0.05, 0.1) is 10.5 Å². The van der Waals surface area contributed by atoms with Gasteiger partial charge in [0.25, 0.3) is 5.91 Å². The maximum Gasteiger partial charge on any atom is 0.343 e. The molecule has 0 aliphatic carbocycles. The van der Waals surface area contributed by atoms with Crippen LogP contribution >= 0.6 is 35.6 Å². The molecule has 1 aliphatic rings. The average Bonchev–Trinajstić information content (AvgIpc) is 2.91. The molecule has 27 heavy (non-hydrogen) atoms. The van der Waals surface area contributed by atoms with Gasteiger partial charge in [0.2, 0.25) is 0 Å². The van der Waals surface area contributed by atoms with Crippen LogP contribution in [-0.2, 0) is 4.79 Å². The summed E-state index contributed by atoms with van der Waals surface area (Å²) in [5.74, 6) is -0.195. The third-order valence-electron chi connectivity index (χ3n) is 3.65. The normalized spacial score (nSPS) is 15.3. The lowest BCUT2D eigenvalue weighted by molar-refractivity contribution is -0.121. The van der Waals surface area contributed by atoms with Gasteiger partial charge in [0.15, 0.2) is 0 Å². The first kappa shape index (κ1) is 19.4. The van der Waals surface area contributed by atoms with Gasteiger partial charge in [-0.25, -0.2) is 4.79 Å². The number of esters is 1. The first-order valence-electron chi connectivity index (χ1n) is 7.92. The van der Waals surface area contributed by atoms with Crippen molar-refractivity contribution in [2.45, 2.75) is 0 Å². The highest BCUT2D eigenvalue weighted by molar-refractivity contribution is 8.26. The van der Waals surface area contributed by atoms with Crippen molar-refractivity contribution in [3.8, 4) is 5.75 Å². The Morgan fingerprint density at radius 1 is 1.19 bits per heavy atom. The second-order valence-corrected chi connectivity index (χ2v) is 7.66. The molecule has 0 saturated carbocycles. The lowest BCUT2D eigenvalue weighted by atomic mass is 10.2. The van der Waals surface area contributed by atoms with Crippen LogP contribution in [0.4, 0.5) is 0 Å². The fourth-order valence-electron chi connectivity index (χ4n) is 2.32. The summed E-state index contributed by atoms with van der Waals surface area (Å²) in [6, 6.07) is 13.3. The molecule has 0 bridgehead atoms. The Morgan fingerprint density at radius 2 is 1.85 bits per heavy atom. The molecule has 2 aromatic carbocycles. The Kier molecular flexibility index (Phi) is 6.11. The summed E-state index contributed by atoms with van der Waals surface area (Å²) in [5, 5.41) is 0.550. The van der Waals surface area contributed by atoms with Crippen LogP contribution in [0.15, 0.2) is 66.1 Å². The van der Waals surface area contributed by atoms with E-state index in [1.807, 2.05) is 0 Å². The summed E-state index contributed by atoms with van der Waals surface area (Å²) in [6.45, 7) is 4.02. The topological polar surface area (TPSA) is 46.6 Å². The predicted octanol–water partition coefficient (Wildman–Crippen LogP) is 4.95. The number of hydrogen-bond acceptors (Lipinski definition) is 5. The van der Waals surface area contributed by atoms with Crippen LogP contribution in [0.25, 0.3) is 6.08 Å². The first-order valence-corrected chi connectivity index (χ1v) is 9.52. The Labute approximate surface area is 171 Å². The minimum Gasteiger partial charge on any atom is -0.423 e. The van der Waals surface area contributed by atoms with Crippen molar-refractivity contribution in [1.82, 2.24) is 4.90 Å². The highest BCUT2D eigenvalue weighted by Crippen LogP contribution is 2.32. The van der Waals surface area contributed by atoms with Gasteiger partial charge in [-0.3, -0.25) is 9.69 Å². The fraction of sp³-hybridized carbons (Fsp3) is 0.0500. The lowest BCUT2D eigenvalue weighted by Gasteiger charge is -2.10. The summed E-state index contributed by atoms with van der Waals surface area (Å²) < 4.78 is 5.85. The third kappa shape index (κ3) is 4.66. The molecule has 7 heteroatoms. The average molecular weight is 416 g/mol. The molecule has 4 nitrogen and oxygen atoms in total. The number of thiocarbonyl (C=S) groups is 1. The van der Waals surface area contributed by atoms with Crippen LogP contribution < -0.4 is 4.74 Å². The summed E-state index contributed by atoms with van der Waals surface area (Å²) in [4.78, 5) is 26.5. The quantitative estimate of drug-likeness (QED) is 0.227. The molecule has 1 heterocycles. The molecule has 0 spiro atoms. The number of halogens is 1. The van der Waals surface area contributed by atoms with Crippen LogP contribution in [0, 0.1) is 0 Å². The van der Waals surface area contributed by atoms with E-state index in [1.165, 1.54) is 16.7 Å². The van der Waals surface area contributed by atoms with Crippen LogP contribution in [-0.4, -0.2) is 27.6 Å². The summed E-state index contributed by atoms with van der Waals surface area (Å²) in [6.07, 6.45) is 3.39. The van der Waals surface area contributed by atoms with E-state index in [2.05, 4.69) is 6.58 Å². The van der Waals surface area contributed by atoms with Crippen molar-refractivity contribution in [3.05, 3.63) is 82.2 Å². The van der Waals surface area contributed by atoms with Crippen LogP contribution in [0.3, 0.4) is 0 Å². The number of nitrogens with zero attached hydrogens (tertiary/aromatic N) is 1. The van der Waals surface area contributed by atoms with Gasteiger partial charge in [0, 0.05) is 11.6 Å². The zero-order valence-corrected chi connectivity index (χ0v) is 16.4. The van der Waals surface area contributed by atoms with Gasteiger partial charge in [-0.2, -0.15) is 0 Å². The lowest BCUT2D eigenvalue weighted by Crippen LogP contribution is -2.27. The van der Waals surface area contributed by atoms with Gasteiger partial charge in [0.1, 0.15) is 10.1 Å². The third-order valence-corrected chi connectivity index (χ3v) is 5.28. The van der Waals surface area contributed by atoms with Crippen LogP contribution in [0.1, 0.15) is 15.9 Å². The number of hydrogen-bond donors (Lipinski definition) is 0. The van der Waals surface area contributed by atoms with Crippen molar-refractivity contribution in [2.24, 2.45) is 0 Å². The van der Waals surface area contributed by atoms with E-state index in [4.69, 9.17) is 28.6 Å². The summed E-state index contributed by atoms with van der Waals surface area (Å²) >= 11 is 12.3. The van der Waals surface area contributed by atoms with Crippen molar-refractivity contribution in [2.75, 3.05) is 6.54 Å². The number of carbonyl (C=O) groups is 2. The monoisotopic (exact) mass is 415 g/mol. The molecule has 1 aliphatic heterocycles. The molecule has 1 fully saturated rings. The predicted molar refractivity (Wildman–Crippen MR) is 113 cm³/mol. The van der Waals surface area contributed by atoms with Crippen molar-refractivity contribution < 1.29 is 14.3 Å². The van der Waals surface area contributed by atoms with E-state index in [9.17, 15) is 9.59 Å². The van der Waals surface area contributed by atoms with E-state index in [0.717, 1.165) is 5.56 Å². The molecule has 0 atom stereocenters. The van der Waals surface area contributed by atoms with Crippen molar-refractivity contribution in [1.29, 1.82) is 0 Å². The number of amides is 1. The molecular weight excluding hydrogens is 402 g/mol. The Morgan fingerprint density at radius 3 is 2.48 bits per heavy atom. The van der Waals surface area contributed by atoms with Gasteiger partial charge >= 0.3 is 5.97 Å². The van der Waals surface area contributed by atoms with Gasteiger partial charge in [-0.05, 0) is 48.0 Å². The van der Waals surface area contributed by atoms with Gasteiger partial charge in [-0.15, -0.1) is 6.58 Å². The number of rotatable bonds is 5. The number of ether oxygens (including phenoxy) is 1. The summed E-state index contributed by atoms with van der Waals surface area (Å²) in [7, 11) is 0. The fourth-order valence-corrected chi connectivity index (χ4v) is 3.72. The highest BCUT2D eigenvalue weighted by atomic mass is 35.5. The Hall–Kier alpha value is -2.41. The maximum atomic E-state index is 12.3. The SMILES string of the molecule is C=CCN1C(=O)/C(=C/c2ccc(OC(=O)c3ccc(Cl)cc3)cc2)SC1=S. The van der Waals surface area contributed by atoms with E-state index < -0.39 is 5.97 Å².